The van der Waals surface area contributed by atoms with Crippen LogP contribution >= 0.6 is 0 Å². The van der Waals surface area contributed by atoms with Crippen molar-refractivity contribution in [3.63, 3.8) is 0 Å². The number of carbonyl (C=O) groups excluding carboxylic acids is 1. The Morgan fingerprint density at radius 3 is 2.75 bits per heavy atom. The fourth-order valence-corrected chi connectivity index (χ4v) is 0.787. The van der Waals surface area contributed by atoms with Crippen molar-refractivity contribution in [1.82, 2.24) is 5.32 Å². The fourth-order valence-electron chi connectivity index (χ4n) is 0.787. The van der Waals surface area contributed by atoms with E-state index < -0.39 is 6.04 Å². The van der Waals surface area contributed by atoms with E-state index in [1.807, 2.05) is 0 Å². The second-order valence-electron chi connectivity index (χ2n) is 2.51. The molecule has 2 unspecified atom stereocenters. The molecule has 6 heteroatoms. The minimum Gasteiger partial charge on any atom is -0.597 e. The van der Waals surface area contributed by atoms with Gasteiger partial charge in [0.1, 0.15) is 6.29 Å². The maximum absolute atomic E-state index is 10.6. The van der Waals surface area contributed by atoms with E-state index >= 15 is 0 Å². The Bertz CT molecular complexity index is 171. The molecule has 0 rings (SSSR count). The molecular weight excluding hydrogens is 162 g/mol. The van der Waals surface area contributed by atoms with Crippen LogP contribution in [0.1, 0.15) is 13.3 Å². The lowest BCUT2D eigenvalue weighted by atomic mass is 10.1. The van der Waals surface area contributed by atoms with Crippen molar-refractivity contribution in [3.05, 3.63) is 5.21 Å². The Hall–Kier alpha value is -1.17. The summed E-state index contributed by atoms with van der Waals surface area (Å²) in [5.74, 6) is 0. The molecule has 0 bridgehead atoms. The summed E-state index contributed by atoms with van der Waals surface area (Å²) in [6, 6.07) is -0.893. The van der Waals surface area contributed by atoms with Crippen molar-refractivity contribution in [2.24, 2.45) is 5.28 Å². The molecular formula is C6H13N3O3. The van der Waals surface area contributed by atoms with Crippen LogP contribution in [-0.4, -0.2) is 35.5 Å². The average molecular weight is 175 g/mol. The molecule has 0 aromatic carbocycles. The van der Waals surface area contributed by atoms with E-state index in [0.717, 1.165) is 0 Å². The highest BCUT2D eigenvalue weighted by Crippen LogP contribution is 1.99. The molecule has 0 aromatic heterocycles. The van der Waals surface area contributed by atoms with Crippen molar-refractivity contribution < 1.29 is 14.9 Å². The zero-order valence-electron chi connectivity index (χ0n) is 7.10. The molecule has 0 saturated heterocycles. The Morgan fingerprint density at radius 1 is 1.83 bits per heavy atom. The molecule has 12 heavy (non-hydrogen) atoms. The van der Waals surface area contributed by atoms with Gasteiger partial charge in [0.25, 0.3) is 0 Å². The number of aldehydes is 1. The molecule has 0 aromatic rings. The summed E-state index contributed by atoms with van der Waals surface area (Å²) in [4.78, 5) is 10.5. The van der Waals surface area contributed by atoms with Crippen LogP contribution in [0.3, 0.4) is 0 Å². The number of likely N-dealkylation sites (N-methyl/N-ethyl adjacent to an activating group) is 1. The van der Waals surface area contributed by atoms with Crippen molar-refractivity contribution in [2.45, 2.75) is 25.4 Å². The van der Waals surface area contributed by atoms with Gasteiger partial charge < -0.3 is 20.5 Å². The van der Waals surface area contributed by atoms with Crippen molar-refractivity contribution >= 4 is 6.29 Å². The third kappa shape index (κ3) is 3.29. The highest BCUT2D eigenvalue weighted by Gasteiger charge is 2.17. The molecule has 0 amide bonds. The van der Waals surface area contributed by atoms with Gasteiger partial charge in [-0.15, -0.1) is 0 Å². The molecule has 0 aliphatic rings. The SMILES string of the molecule is CNC(C=O)CC(C)[N+]([O-])=NO. The molecule has 0 aliphatic carbocycles. The summed E-state index contributed by atoms with van der Waals surface area (Å²) in [5.41, 5.74) is 0. The summed E-state index contributed by atoms with van der Waals surface area (Å²) in [5, 5.41) is 23.9. The predicted octanol–water partition coefficient (Wildman–Crippen LogP) is -0.0964. The summed E-state index contributed by atoms with van der Waals surface area (Å²) in [7, 11) is 1.62. The van der Waals surface area contributed by atoms with Crippen LogP contribution in [0, 0.1) is 5.21 Å². The number of hydrogen-bond donors (Lipinski definition) is 2. The standard InChI is InChI=1S/C6H13N3O3/c1-5(9(12)8-11)3-6(4-10)7-2/h4-7,11H,3H2,1-2H3. The van der Waals surface area contributed by atoms with E-state index in [1.165, 1.54) is 0 Å². The Kier molecular flexibility index (Phi) is 4.94. The van der Waals surface area contributed by atoms with Crippen molar-refractivity contribution in [3.8, 4) is 0 Å². The van der Waals surface area contributed by atoms with Crippen LogP contribution in [-0.2, 0) is 4.79 Å². The summed E-state index contributed by atoms with van der Waals surface area (Å²) >= 11 is 0. The van der Waals surface area contributed by atoms with Crippen LogP contribution in [0.25, 0.3) is 0 Å². The number of hydrogen-bond acceptors (Lipinski definition) is 4. The Morgan fingerprint density at radius 2 is 2.42 bits per heavy atom. The number of nitrogens with zero attached hydrogens (tertiary/aromatic N) is 2. The molecule has 0 heterocycles. The third-order valence-corrected chi connectivity index (χ3v) is 1.60. The van der Waals surface area contributed by atoms with Crippen molar-refractivity contribution in [1.29, 1.82) is 0 Å². The van der Waals surface area contributed by atoms with Crippen LogP contribution in [0.15, 0.2) is 5.28 Å². The molecule has 2 atom stereocenters. The molecule has 0 fully saturated rings. The van der Waals surface area contributed by atoms with E-state index in [1.54, 1.807) is 14.0 Å². The van der Waals surface area contributed by atoms with Gasteiger partial charge in [-0.3, -0.25) is 0 Å². The van der Waals surface area contributed by atoms with Gasteiger partial charge in [-0.1, -0.05) is 4.86 Å². The lowest BCUT2D eigenvalue weighted by Gasteiger charge is -2.11. The number of carbonyl (C=O) groups is 1. The highest BCUT2D eigenvalue weighted by atomic mass is 16.6. The minimum atomic E-state index is -0.516. The fraction of sp³-hybridized carbons (Fsp3) is 0.833. The van der Waals surface area contributed by atoms with Gasteiger partial charge in [0.15, 0.2) is 11.3 Å². The van der Waals surface area contributed by atoms with E-state index in [-0.39, 0.29) is 10.9 Å². The minimum absolute atomic E-state index is 0.161. The smallest absolute Gasteiger partial charge is 0.197 e. The molecule has 0 radical (unpaired) electrons. The molecule has 0 spiro atoms. The van der Waals surface area contributed by atoms with Crippen LogP contribution in [0.4, 0.5) is 0 Å². The average Bonchev–Trinajstić information content (AvgIpc) is 2.12. The molecule has 6 nitrogen and oxygen atoms in total. The van der Waals surface area contributed by atoms with Gasteiger partial charge in [0, 0.05) is 13.3 Å². The number of nitrogens with one attached hydrogen (secondary N) is 1. The number of rotatable bonds is 5. The van der Waals surface area contributed by atoms with Gasteiger partial charge in [0.05, 0.1) is 6.04 Å². The van der Waals surface area contributed by atoms with E-state index in [2.05, 4.69) is 10.6 Å². The predicted molar refractivity (Wildman–Crippen MR) is 40.8 cm³/mol. The second kappa shape index (κ2) is 5.48. The monoisotopic (exact) mass is 175 g/mol. The zero-order chi connectivity index (χ0) is 9.56. The maximum Gasteiger partial charge on any atom is 0.197 e. The highest BCUT2D eigenvalue weighted by molar-refractivity contribution is 5.57. The molecule has 70 valence electrons. The molecule has 2 N–H and O–H groups in total. The zero-order valence-corrected chi connectivity index (χ0v) is 7.10. The second-order valence-corrected chi connectivity index (χ2v) is 2.51. The van der Waals surface area contributed by atoms with E-state index in [9.17, 15) is 10.0 Å². The first-order valence-electron chi connectivity index (χ1n) is 3.59. The van der Waals surface area contributed by atoms with Gasteiger partial charge >= 0.3 is 0 Å². The van der Waals surface area contributed by atoms with Gasteiger partial charge in [-0.25, -0.2) is 0 Å². The molecule has 0 saturated carbocycles. The van der Waals surface area contributed by atoms with Crippen LogP contribution in [0.5, 0.6) is 0 Å². The third-order valence-electron chi connectivity index (χ3n) is 1.60. The lowest BCUT2D eigenvalue weighted by Crippen LogP contribution is -2.33. The first-order valence-corrected chi connectivity index (χ1v) is 3.59. The lowest BCUT2D eigenvalue weighted by molar-refractivity contribution is -0.588. The van der Waals surface area contributed by atoms with Gasteiger partial charge in [0.2, 0.25) is 0 Å². The van der Waals surface area contributed by atoms with Crippen molar-refractivity contribution in [2.75, 3.05) is 7.05 Å². The Labute approximate surface area is 70.4 Å². The topological polar surface area (TPSA) is 87.8 Å². The van der Waals surface area contributed by atoms with Gasteiger partial charge in [-0.2, -0.15) is 0 Å². The summed E-state index contributed by atoms with van der Waals surface area (Å²) in [6.45, 7) is 1.57. The quantitative estimate of drug-likeness (QED) is 0.264. The summed E-state index contributed by atoms with van der Waals surface area (Å²) in [6.07, 6.45) is 1.02. The Balaban J connectivity index is 3.97. The van der Waals surface area contributed by atoms with E-state index in [4.69, 9.17) is 5.21 Å². The van der Waals surface area contributed by atoms with E-state index in [0.29, 0.717) is 12.7 Å². The first kappa shape index (κ1) is 10.8. The maximum atomic E-state index is 10.6. The van der Waals surface area contributed by atoms with Crippen LogP contribution in [0.2, 0.25) is 0 Å². The largest absolute Gasteiger partial charge is 0.597 e. The van der Waals surface area contributed by atoms with Crippen LogP contribution < -0.4 is 5.32 Å². The summed E-state index contributed by atoms with van der Waals surface area (Å²) < 4.78 is 0. The van der Waals surface area contributed by atoms with Gasteiger partial charge in [-0.05, 0) is 7.05 Å². The normalized spacial score (nSPS) is 17.0. The number of hydroxylamine groups is 1. The first-order chi connectivity index (χ1) is 5.65. The molecule has 0 aliphatic heterocycles.